The lowest BCUT2D eigenvalue weighted by Crippen LogP contribution is -2.42. The van der Waals surface area contributed by atoms with Gasteiger partial charge in [0.1, 0.15) is 5.25 Å². The number of rotatable bonds is 4. The third-order valence-electron chi connectivity index (χ3n) is 2.71. The molecule has 2 unspecified atom stereocenters. The van der Waals surface area contributed by atoms with Crippen LogP contribution in [0.4, 0.5) is 0 Å². The van der Waals surface area contributed by atoms with E-state index in [4.69, 9.17) is 10.8 Å². The van der Waals surface area contributed by atoms with E-state index in [2.05, 4.69) is 12.2 Å². The molecule has 15 heavy (non-hydrogen) atoms. The zero-order valence-electron chi connectivity index (χ0n) is 8.59. The number of aliphatic hydroxyl groups excluding tert-OH is 1. The van der Waals surface area contributed by atoms with Gasteiger partial charge in [-0.25, -0.2) is 12.7 Å². The van der Waals surface area contributed by atoms with Gasteiger partial charge in [-0.3, -0.25) is 0 Å². The average molecular weight is 252 g/mol. The molecule has 1 fully saturated rings. The van der Waals surface area contributed by atoms with Gasteiger partial charge >= 0.3 is 0 Å². The summed E-state index contributed by atoms with van der Waals surface area (Å²) in [5.74, 6) is 0.0401. The summed E-state index contributed by atoms with van der Waals surface area (Å²) < 4.78 is 25.2. The highest BCUT2D eigenvalue weighted by atomic mass is 32.2. The van der Waals surface area contributed by atoms with E-state index in [-0.39, 0.29) is 17.5 Å². The first kappa shape index (κ1) is 12.8. The molecular formula is C8H16N2O3S2. The van der Waals surface area contributed by atoms with E-state index in [1.807, 2.05) is 0 Å². The molecule has 0 bridgehead atoms. The van der Waals surface area contributed by atoms with E-state index in [9.17, 15) is 8.42 Å². The van der Waals surface area contributed by atoms with Crippen molar-refractivity contribution < 1.29 is 13.5 Å². The molecule has 0 aromatic carbocycles. The number of sulfonamides is 1. The maximum atomic E-state index is 11.9. The van der Waals surface area contributed by atoms with Crippen LogP contribution in [0, 0.1) is 5.92 Å². The molecule has 3 N–H and O–H groups in total. The molecule has 0 radical (unpaired) electrons. The molecule has 0 spiro atoms. The standard InChI is InChI=1S/C8H16N2O3S2/c1-6(8(9)14)15(12,13)10-3-2-7(4-10)5-11/h6-7,11H,2-5H2,1H3,(H2,9,14). The quantitative estimate of drug-likeness (QED) is 0.647. The largest absolute Gasteiger partial charge is 0.396 e. The Bertz CT molecular complexity index is 342. The lowest BCUT2D eigenvalue weighted by atomic mass is 10.1. The molecular weight excluding hydrogens is 236 g/mol. The first-order chi connectivity index (χ1) is 6.89. The summed E-state index contributed by atoms with van der Waals surface area (Å²) in [5.41, 5.74) is 5.33. The third kappa shape index (κ3) is 2.66. The van der Waals surface area contributed by atoms with E-state index in [0.717, 1.165) is 0 Å². The molecule has 88 valence electrons. The molecule has 0 aromatic rings. The van der Waals surface area contributed by atoms with Crippen molar-refractivity contribution in [2.45, 2.75) is 18.6 Å². The van der Waals surface area contributed by atoms with Crippen LogP contribution < -0.4 is 5.73 Å². The monoisotopic (exact) mass is 252 g/mol. The summed E-state index contributed by atoms with van der Waals surface area (Å²) in [6.45, 7) is 2.32. The Hall–Kier alpha value is -0.240. The van der Waals surface area contributed by atoms with Crippen LogP contribution in [0.2, 0.25) is 0 Å². The molecule has 1 aliphatic rings. The molecule has 1 rings (SSSR count). The minimum atomic E-state index is -3.42. The second kappa shape index (κ2) is 4.73. The van der Waals surface area contributed by atoms with Crippen LogP contribution in [0.3, 0.4) is 0 Å². The maximum absolute atomic E-state index is 11.9. The highest BCUT2D eigenvalue weighted by Gasteiger charge is 2.35. The number of hydrogen-bond donors (Lipinski definition) is 2. The number of aliphatic hydroxyl groups is 1. The van der Waals surface area contributed by atoms with Gasteiger partial charge in [-0.05, 0) is 19.3 Å². The molecule has 0 aromatic heterocycles. The molecule has 1 aliphatic heterocycles. The summed E-state index contributed by atoms with van der Waals surface area (Å²) >= 11 is 4.68. The van der Waals surface area contributed by atoms with Gasteiger partial charge in [0.25, 0.3) is 0 Å². The highest BCUT2D eigenvalue weighted by Crippen LogP contribution is 2.21. The Morgan fingerprint density at radius 2 is 2.33 bits per heavy atom. The predicted octanol–water partition coefficient (Wildman–Crippen LogP) is -0.695. The lowest BCUT2D eigenvalue weighted by molar-refractivity contribution is 0.233. The summed E-state index contributed by atoms with van der Waals surface area (Å²) in [6.07, 6.45) is 0.694. The van der Waals surface area contributed by atoms with Crippen molar-refractivity contribution in [3.8, 4) is 0 Å². The van der Waals surface area contributed by atoms with Crippen LogP contribution in [-0.2, 0) is 10.0 Å². The van der Waals surface area contributed by atoms with Crippen molar-refractivity contribution in [3.63, 3.8) is 0 Å². The Labute approximate surface area is 95.3 Å². The molecule has 0 saturated carbocycles. The molecule has 0 aliphatic carbocycles. The Balaban J connectivity index is 2.76. The van der Waals surface area contributed by atoms with Gasteiger partial charge in [-0.15, -0.1) is 0 Å². The van der Waals surface area contributed by atoms with E-state index in [0.29, 0.717) is 19.5 Å². The van der Waals surface area contributed by atoms with Gasteiger partial charge in [-0.2, -0.15) is 0 Å². The van der Waals surface area contributed by atoms with Crippen molar-refractivity contribution in [2.24, 2.45) is 11.7 Å². The van der Waals surface area contributed by atoms with Gasteiger partial charge in [0.05, 0.1) is 4.99 Å². The van der Waals surface area contributed by atoms with Crippen molar-refractivity contribution in [1.82, 2.24) is 4.31 Å². The smallest absolute Gasteiger partial charge is 0.223 e. The van der Waals surface area contributed by atoms with Crippen molar-refractivity contribution in [2.75, 3.05) is 19.7 Å². The van der Waals surface area contributed by atoms with Gasteiger partial charge < -0.3 is 10.8 Å². The SMILES string of the molecule is CC(C(N)=S)S(=O)(=O)N1CCC(CO)C1. The zero-order chi connectivity index (χ0) is 11.6. The van der Waals surface area contributed by atoms with E-state index < -0.39 is 15.3 Å². The zero-order valence-corrected chi connectivity index (χ0v) is 10.2. The van der Waals surface area contributed by atoms with Crippen LogP contribution in [0.25, 0.3) is 0 Å². The minimum Gasteiger partial charge on any atom is -0.396 e. The van der Waals surface area contributed by atoms with Gasteiger partial charge in [-0.1, -0.05) is 12.2 Å². The number of thiocarbonyl (C=S) groups is 1. The van der Waals surface area contributed by atoms with Crippen LogP contribution in [0.5, 0.6) is 0 Å². The topological polar surface area (TPSA) is 83.6 Å². The van der Waals surface area contributed by atoms with E-state index in [1.165, 1.54) is 11.2 Å². The van der Waals surface area contributed by atoms with E-state index in [1.54, 1.807) is 0 Å². The molecule has 1 saturated heterocycles. The maximum Gasteiger partial charge on any atom is 0.223 e. The van der Waals surface area contributed by atoms with Crippen molar-refractivity contribution in [3.05, 3.63) is 0 Å². The summed E-state index contributed by atoms with van der Waals surface area (Å²) in [6, 6.07) is 0. The van der Waals surface area contributed by atoms with Gasteiger partial charge in [0.2, 0.25) is 10.0 Å². The van der Waals surface area contributed by atoms with Crippen molar-refractivity contribution in [1.29, 1.82) is 0 Å². The fourth-order valence-electron chi connectivity index (χ4n) is 1.55. The summed E-state index contributed by atoms with van der Waals surface area (Å²) in [5, 5.41) is 8.10. The van der Waals surface area contributed by atoms with E-state index >= 15 is 0 Å². The number of nitrogens with zero attached hydrogens (tertiary/aromatic N) is 1. The normalized spacial score (nSPS) is 25.3. The Morgan fingerprint density at radius 1 is 1.73 bits per heavy atom. The van der Waals surface area contributed by atoms with Crippen LogP contribution in [0.15, 0.2) is 0 Å². The first-order valence-electron chi connectivity index (χ1n) is 4.78. The predicted molar refractivity (Wildman–Crippen MR) is 61.9 cm³/mol. The number of hydrogen-bond acceptors (Lipinski definition) is 4. The molecule has 1 heterocycles. The third-order valence-corrected chi connectivity index (χ3v) is 5.42. The number of nitrogens with two attached hydrogens (primary N) is 1. The van der Waals surface area contributed by atoms with Crippen LogP contribution in [-0.4, -0.2) is 47.8 Å². The minimum absolute atomic E-state index is 0.0116. The van der Waals surface area contributed by atoms with Crippen LogP contribution >= 0.6 is 12.2 Å². The fourth-order valence-corrected chi connectivity index (χ4v) is 3.43. The molecule has 0 amide bonds. The Kier molecular flexibility index (Phi) is 4.05. The molecule has 5 nitrogen and oxygen atoms in total. The molecule has 7 heteroatoms. The summed E-state index contributed by atoms with van der Waals surface area (Å²) in [4.78, 5) is -0.0116. The van der Waals surface area contributed by atoms with Crippen molar-refractivity contribution >= 4 is 27.2 Å². The second-order valence-electron chi connectivity index (χ2n) is 3.78. The fraction of sp³-hybridized carbons (Fsp3) is 0.875. The van der Waals surface area contributed by atoms with Gasteiger partial charge in [0, 0.05) is 19.7 Å². The average Bonchev–Trinajstić information content (AvgIpc) is 2.65. The van der Waals surface area contributed by atoms with Gasteiger partial charge in [0.15, 0.2) is 0 Å². The van der Waals surface area contributed by atoms with Crippen LogP contribution in [0.1, 0.15) is 13.3 Å². The summed E-state index contributed by atoms with van der Waals surface area (Å²) in [7, 11) is -3.42. The second-order valence-corrected chi connectivity index (χ2v) is 6.51. The highest BCUT2D eigenvalue weighted by molar-refractivity contribution is 7.92. The first-order valence-corrected chi connectivity index (χ1v) is 6.70. The Morgan fingerprint density at radius 3 is 2.73 bits per heavy atom. The molecule has 2 atom stereocenters. The lowest BCUT2D eigenvalue weighted by Gasteiger charge is -2.20.